The van der Waals surface area contributed by atoms with E-state index in [1.54, 1.807) is 0 Å². The van der Waals surface area contributed by atoms with Crippen LogP contribution in [-0.4, -0.2) is 24.8 Å². The lowest BCUT2D eigenvalue weighted by Gasteiger charge is -2.31. The van der Waals surface area contributed by atoms with Crippen LogP contribution in [0.15, 0.2) is 24.3 Å². The van der Waals surface area contributed by atoms with Gasteiger partial charge in [-0.3, -0.25) is 4.79 Å². The molecule has 0 aromatic heterocycles. The third-order valence-corrected chi connectivity index (χ3v) is 3.83. The van der Waals surface area contributed by atoms with Crippen LogP contribution in [-0.2, 0) is 14.3 Å². The highest BCUT2D eigenvalue weighted by molar-refractivity contribution is 5.79. The van der Waals surface area contributed by atoms with Crippen molar-refractivity contribution in [2.24, 2.45) is 5.92 Å². The number of carbonyl (C=O) groups excluding carboxylic acids is 1. The monoisotopic (exact) mass is 290 g/mol. The SMILES string of the molecule is Cc1ccc(C(C(=O)OC(C)(C)C)C2CCOCC2)cc1. The van der Waals surface area contributed by atoms with E-state index in [-0.39, 0.29) is 11.9 Å². The molecule has 1 saturated heterocycles. The fourth-order valence-electron chi connectivity index (χ4n) is 2.79. The van der Waals surface area contributed by atoms with Crippen LogP contribution in [0.25, 0.3) is 0 Å². The Morgan fingerprint density at radius 1 is 1.19 bits per heavy atom. The van der Waals surface area contributed by atoms with Crippen molar-refractivity contribution in [1.29, 1.82) is 0 Å². The van der Waals surface area contributed by atoms with E-state index in [1.807, 2.05) is 20.8 Å². The Morgan fingerprint density at radius 3 is 2.29 bits per heavy atom. The van der Waals surface area contributed by atoms with Gasteiger partial charge in [-0.2, -0.15) is 0 Å². The molecule has 1 atom stereocenters. The number of benzene rings is 1. The summed E-state index contributed by atoms with van der Waals surface area (Å²) in [5.41, 5.74) is 1.81. The lowest BCUT2D eigenvalue weighted by Crippen LogP contribution is -2.33. The van der Waals surface area contributed by atoms with Crippen LogP contribution in [0, 0.1) is 12.8 Å². The molecule has 1 aliphatic rings. The van der Waals surface area contributed by atoms with Gasteiger partial charge in [-0.1, -0.05) is 29.8 Å². The van der Waals surface area contributed by atoms with Crippen LogP contribution >= 0.6 is 0 Å². The molecule has 2 rings (SSSR count). The average Bonchev–Trinajstić information content (AvgIpc) is 2.40. The summed E-state index contributed by atoms with van der Waals surface area (Å²) in [4.78, 5) is 12.7. The number of hydrogen-bond donors (Lipinski definition) is 0. The summed E-state index contributed by atoms with van der Waals surface area (Å²) >= 11 is 0. The third kappa shape index (κ3) is 4.57. The summed E-state index contributed by atoms with van der Waals surface area (Å²) in [6.07, 6.45) is 1.83. The van der Waals surface area contributed by atoms with Crippen LogP contribution in [0.1, 0.15) is 50.7 Å². The predicted octanol–water partition coefficient (Wildman–Crippen LogP) is 3.85. The number of rotatable bonds is 3. The lowest BCUT2D eigenvalue weighted by atomic mass is 9.81. The summed E-state index contributed by atoms with van der Waals surface area (Å²) in [5, 5.41) is 0. The molecule has 0 spiro atoms. The Bertz CT molecular complexity index is 464. The van der Waals surface area contributed by atoms with E-state index in [1.165, 1.54) is 5.56 Å². The summed E-state index contributed by atoms with van der Waals surface area (Å²) in [5.74, 6) is 0.00304. The molecule has 21 heavy (non-hydrogen) atoms. The molecule has 1 fully saturated rings. The Kier molecular flexibility index (Phi) is 5.04. The first-order chi connectivity index (χ1) is 9.87. The minimum Gasteiger partial charge on any atom is -0.459 e. The fourth-order valence-corrected chi connectivity index (χ4v) is 2.79. The Labute approximate surface area is 127 Å². The van der Waals surface area contributed by atoms with Crippen LogP contribution in [0.2, 0.25) is 0 Å². The van der Waals surface area contributed by atoms with Gasteiger partial charge in [0.1, 0.15) is 5.60 Å². The molecule has 3 nitrogen and oxygen atoms in total. The minimum atomic E-state index is -0.453. The van der Waals surface area contributed by atoms with E-state index in [9.17, 15) is 4.79 Å². The number of aryl methyl sites for hydroxylation is 1. The molecule has 0 bridgehead atoms. The maximum Gasteiger partial charge on any atom is 0.314 e. The van der Waals surface area contributed by atoms with Gasteiger partial charge < -0.3 is 9.47 Å². The zero-order chi connectivity index (χ0) is 15.5. The summed E-state index contributed by atoms with van der Waals surface area (Å²) in [7, 11) is 0. The van der Waals surface area contributed by atoms with Gasteiger partial charge in [0.2, 0.25) is 0 Å². The zero-order valence-corrected chi connectivity index (χ0v) is 13.5. The summed E-state index contributed by atoms with van der Waals surface area (Å²) in [6, 6.07) is 8.23. The van der Waals surface area contributed by atoms with Crippen molar-refractivity contribution in [1.82, 2.24) is 0 Å². The van der Waals surface area contributed by atoms with Crippen molar-refractivity contribution >= 4 is 5.97 Å². The second kappa shape index (κ2) is 6.61. The molecule has 0 amide bonds. The lowest BCUT2D eigenvalue weighted by molar-refractivity contribution is -0.159. The molecule has 0 saturated carbocycles. The van der Waals surface area contributed by atoms with E-state index in [0.717, 1.165) is 31.6 Å². The van der Waals surface area contributed by atoms with E-state index in [2.05, 4.69) is 31.2 Å². The molecule has 0 radical (unpaired) electrons. The van der Waals surface area contributed by atoms with Crippen molar-refractivity contribution in [2.75, 3.05) is 13.2 Å². The van der Waals surface area contributed by atoms with Gasteiger partial charge in [-0.05, 0) is 52.0 Å². The zero-order valence-electron chi connectivity index (χ0n) is 13.5. The molecule has 1 aromatic rings. The van der Waals surface area contributed by atoms with E-state index >= 15 is 0 Å². The van der Waals surface area contributed by atoms with E-state index in [4.69, 9.17) is 9.47 Å². The first-order valence-corrected chi connectivity index (χ1v) is 7.74. The van der Waals surface area contributed by atoms with Crippen LogP contribution in [0.4, 0.5) is 0 Å². The Balaban J connectivity index is 2.24. The van der Waals surface area contributed by atoms with Gasteiger partial charge >= 0.3 is 5.97 Å². The largest absolute Gasteiger partial charge is 0.459 e. The molecule has 3 heteroatoms. The maximum atomic E-state index is 12.7. The van der Waals surface area contributed by atoms with E-state index in [0.29, 0.717) is 5.92 Å². The van der Waals surface area contributed by atoms with E-state index < -0.39 is 5.60 Å². The molecule has 1 aliphatic heterocycles. The van der Waals surface area contributed by atoms with Crippen molar-refractivity contribution in [3.8, 4) is 0 Å². The van der Waals surface area contributed by atoms with Gasteiger partial charge in [-0.15, -0.1) is 0 Å². The smallest absolute Gasteiger partial charge is 0.314 e. The normalized spacial score (nSPS) is 18.3. The Morgan fingerprint density at radius 2 is 1.76 bits per heavy atom. The standard InChI is InChI=1S/C18H26O3/c1-13-5-7-14(8-6-13)16(15-9-11-20-12-10-15)17(19)21-18(2,3)4/h5-8,15-16H,9-12H2,1-4H3. The van der Waals surface area contributed by atoms with Gasteiger partial charge in [-0.25, -0.2) is 0 Å². The molecule has 1 heterocycles. The van der Waals surface area contributed by atoms with Crippen molar-refractivity contribution in [3.05, 3.63) is 35.4 Å². The second-order valence-corrected chi connectivity index (χ2v) is 6.87. The van der Waals surface area contributed by atoms with Gasteiger partial charge in [0.15, 0.2) is 0 Å². The van der Waals surface area contributed by atoms with Crippen LogP contribution in [0.3, 0.4) is 0 Å². The van der Waals surface area contributed by atoms with Crippen molar-refractivity contribution < 1.29 is 14.3 Å². The second-order valence-electron chi connectivity index (χ2n) is 6.87. The molecule has 0 aliphatic carbocycles. The molecular weight excluding hydrogens is 264 g/mol. The third-order valence-electron chi connectivity index (χ3n) is 3.83. The van der Waals surface area contributed by atoms with Gasteiger partial charge in [0.25, 0.3) is 0 Å². The van der Waals surface area contributed by atoms with Crippen LogP contribution in [0.5, 0.6) is 0 Å². The number of ether oxygens (including phenoxy) is 2. The number of hydrogen-bond acceptors (Lipinski definition) is 3. The minimum absolute atomic E-state index is 0.113. The first-order valence-electron chi connectivity index (χ1n) is 7.74. The Hall–Kier alpha value is -1.35. The quantitative estimate of drug-likeness (QED) is 0.793. The van der Waals surface area contributed by atoms with Gasteiger partial charge in [0.05, 0.1) is 5.92 Å². The molecule has 0 N–H and O–H groups in total. The highest BCUT2D eigenvalue weighted by atomic mass is 16.6. The highest BCUT2D eigenvalue weighted by Crippen LogP contribution is 2.34. The van der Waals surface area contributed by atoms with Crippen molar-refractivity contribution in [2.45, 2.75) is 52.1 Å². The molecule has 116 valence electrons. The molecular formula is C18H26O3. The summed E-state index contributed by atoms with van der Waals surface area (Å²) < 4.78 is 11.1. The van der Waals surface area contributed by atoms with Crippen LogP contribution < -0.4 is 0 Å². The summed E-state index contributed by atoms with van der Waals surface area (Å²) in [6.45, 7) is 9.27. The molecule has 1 aromatic carbocycles. The molecule has 1 unspecified atom stereocenters. The van der Waals surface area contributed by atoms with Gasteiger partial charge in [0, 0.05) is 13.2 Å². The highest BCUT2D eigenvalue weighted by Gasteiger charge is 2.34. The average molecular weight is 290 g/mol. The number of carbonyl (C=O) groups is 1. The first kappa shape index (κ1) is 16.0. The predicted molar refractivity (Wildman–Crippen MR) is 83.3 cm³/mol. The topological polar surface area (TPSA) is 35.5 Å². The maximum absolute atomic E-state index is 12.7. The number of esters is 1. The fraction of sp³-hybridized carbons (Fsp3) is 0.611. The van der Waals surface area contributed by atoms with Crippen molar-refractivity contribution in [3.63, 3.8) is 0 Å².